The van der Waals surface area contributed by atoms with Crippen LogP contribution < -0.4 is 5.43 Å². The number of nitrogens with zero attached hydrogens (tertiary/aromatic N) is 5. The summed E-state index contributed by atoms with van der Waals surface area (Å²) in [4.78, 5) is 32.2. The number of benzene rings is 1. The minimum Gasteiger partial charge on any atom is -0.379 e. The maximum absolute atomic E-state index is 13.2. The topological polar surface area (TPSA) is 92.6 Å². The summed E-state index contributed by atoms with van der Waals surface area (Å²) >= 11 is 1.52. The molecular weight excluding hydrogens is 452 g/mol. The fraction of sp³-hybridized carbons (Fsp3) is 0.417. The number of aromatic nitrogens is 3. The van der Waals surface area contributed by atoms with Crippen LogP contribution in [0.25, 0.3) is 5.69 Å². The third-order valence-corrected chi connectivity index (χ3v) is 7.40. The number of hydrogen-bond donors (Lipinski definition) is 1. The summed E-state index contributed by atoms with van der Waals surface area (Å²) in [6, 6.07) is 9.82. The Bertz CT molecular complexity index is 1150. The average molecular weight is 481 g/mol. The van der Waals surface area contributed by atoms with Gasteiger partial charge in [-0.15, -0.1) is 11.3 Å². The Labute approximate surface area is 202 Å². The summed E-state index contributed by atoms with van der Waals surface area (Å²) in [7, 11) is 0. The van der Waals surface area contributed by atoms with Crippen LogP contribution in [0, 0.1) is 6.92 Å². The van der Waals surface area contributed by atoms with Gasteiger partial charge in [-0.05, 0) is 31.9 Å². The summed E-state index contributed by atoms with van der Waals surface area (Å²) < 4.78 is 7.12. The zero-order valence-corrected chi connectivity index (χ0v) is 20.0. The van der Waals surface area contributed by atoms with Crippen LogP contribution in [0.15, 0.2) is 41.9 Å². The summed E-state index contributed by atoms with van der Waals surface area (Å²) in [5.41, 5.74) is 5.78. The van der Waals surface area contributed by atoms with Gasteiger partial charge in [-0.2, -0.15) is 5.10 Å². The molecule has 0 bridgehead atoms. The van der Waals surface area contributed by atoms with E-state index in [0.717, 1.165) is 29.2 Å². The van der Waals surface area contributed by atoms with E-state index < -0.39 is 0 Å². The van der Waals surface area contributed by atoms with E-state index >= 15 is 0 Å². The van der Waals surface area contributed by atoms with Crippen molar-refractivity contribution in [1.82, 2.24) is 30.1 Å². The zero-order chi connectivity index (χ0) is 23.5. The molecular formula is C24H28N6O3S. The Morgan fingerprint density at radius 1 is 1.09 bits per heavy atom. The molecule has 2 aliphatic rings. The second-order valence-corrected chi connectivity index (χ2v) is 9.46. The molecule has 0 saturated carbocycles. The van der Waals surface area contributed by atoms with Gasteiger partial charge in [0.05, 0.1) is 41.4 Å². The molecule has 2 aromatic heterocycles. The predicted molar refractivity (Wildman–Crippen MR) is 128 cm³/mol. The number of carbonyl (C=O) groups excluding carboxylic acids is 2. The highest BCUT2D eigenvalue weighted by Gasteiger charge is 2.29. The van der Waals surface area contributed by atoms with E-state index in [1.165, 1.54) is 11.3 Å². The second kappa shape index (κ2) is 10.0. The number of rotatable bonds is 5. The minimum absolute atomic E-state index is 0.0165. The first-order chi connectivity index (χ1) is 16.6. The molecule has 2 aliphatic heterocycles. The number of ether oxygens (including phenoxy) is 1. The quantitative estimate of drug-likeness (QED) is 0.604. The van der Waals surface area contributed by atoms with E-state index in [-0.39, 0.29) is 17.7 Å². The number of likely N-dealkylation sites (tertiary alicyclic amines) is 1. The Morgan fingerprint density at radius 2 is 1.82 bits per heavy atom. The van der Waals surface area contributed by atoms with Crippen molar-refractivity contribution in [3.63, 3.8) is 0 Å². The molecule has 1 aromatic carbocycles. The van der Waals surface area contributed by atoms with Crippen molar-refractivity contribution >= 4 is 23.2 Å². The molecule has 9 nitrogen and oxygen atoms in total. The fourth-order valence-corrected chi connectivity index (χ4v) is 5.38. The van der Waals surface area contributed by atoms with Gasteiger partial charge in [-0.3, -0.25) is 15.0 Å². The molecule has 34 heavy (non-hydrogen) atoms. The van der Waals surface area contributed by atoms with Gasteiger partial charge in [0, 0.05) is 37.5 Å². The number of nitrogens with one attached hydrogen (secondary N) is 1. The molecule has 2 amide bonds. The smallest absolute Gasteiger partial charge is 0.285 e. The standard InChI is InChI=1S/C24H28N6O3S/c1-17-20(15-25-30(17)19-5-3-2-4-6-19)24(32)28-9-7-18(8-10-28)23-26-21(16-34-23)22(31)27-29-11-13-33-14-12-29/h2-6,15-16,18H,7-14H2,1H3,(H,27,31). The predicted octanol–water partition coefficient (Wildman–Crippen LogP) is 2.63. The first kappa shape index (κ1) is 22.7. The second-order valence-electron chi connectivity index (χ2n) is 8.57. The van der Waals surface area contributed by atoms with Crippen LogP contribution >= 0.6 is 11.3 Å². The number of carbonyl (C=O) groups is 2. The normalized spacial score (nSPS) is 17.6. The summed E-state index contributed by atoms with van der Waals surface area (Å²) in [6.45, 7) is 5.85. The summed E-state index contributed by atoms with van der Waals surface area (Å²) in [6.07, 6.45) is 3.32. The lowest BCUT2D eigenvalue weighted by Crippen LogP contribution is -2.48. The van der Waals surface area contributed by atoms with Crippen molar-refractivity contribution in [2.24, 2.45) is 0 Å². The number of hydrogen-bond acceptors (Lipinski definition) is 7. The van der Waals surface area contributed by atoms with Crippen LogP contribution in [-0.2, 0) is 4.74 Å². The molecule has 3 aromatic rings. The Balaban J connectivity index is 1.18. The van der Waals surface area contributed by atoms with Crippen LogP contribution in [0.4, 0.5) is 0 Å². The van der Waals surface area contributed by atoms with Crippen LogP contribution in [-0.4, -0.2) is 75.9 Å². The van der Waals surface area contributed by atoms with Crippen molar-refractivity contribution in [2.45, 2.75) is 25.7 Å². The van der Waals surface area contributed by atoms with Crippen LogP contribution in [0.1, 0.15) is 50.3 Å². The zero-order valence-electron chi connectivity index (χ0n) is 19.1. The third-order valence-electron chi connectivity index (χ3n) is 6.40. The van der Waals surface area contributed by atoms with Gasteiger partial charge < -0.3 is 9.64 Å². The Hall–Kier alpha value is -3.08. The molecule has 2 saturated heterocycles. The highest BCUT2D eigenvalue weighted by atomic mass is 32.1. The highest BCUT2D eigenvalue weighted by Crippen LogP contribution is 2.31. The molecule has 0 radical (unpaired) electrons. The monoisotopic (exact) mass is 480 g/mol. The lowest BCUT2D eigenvalue weighted by Gasteiger charge is -2.31. The number of morpholine rings is 1. The minimum atomic E-state index is -0.178. The lowest BCUT2D eigenvalue weighted by molar-refractivity contribution is 0.0125. The van der Waals surface area contributed by atoms with E-state index in [1.54, 1.807) is 10.9 Å². The third kappa shape index (κ3) is 4.75. The fourth-order valence-electron chi connectivity index (χ4n) is 4.40. The van der Waals surface area contributed by atoms with Gasteiger partial charge >= 0.3 is 0 Å². The molecule has 1 N–H and O–H groups in total. The average Bonchev–Trinajstić information content (AvgIpc) is 3.52. The molecule has 0 unspecified atom stereocenters. The number of piperidine rings is 1. The van der Waals surface area contributed by atoms with Crippen LogP contribution in [0.5, 0.6) is 0 Å². The van der Waals surface area contributed by atoms with Gasteiger partial charge in [-0.1, -0.05) is 18.2 Å². The molecule has 0 atom stereocenters. The van der Waals surface area contributed by atoms with Crippen LogP contribution in [0.3, 0.4) is 0 Å². The van der Waals surface area contributed by atoms with Crippen molar-refractivity contribution in [3.8, 4) is 5.69 Å². The van der Waals surface area contributed by atoms with Crippen molar-refractivity contribution in [1.29, 1.82) is 0 Å². The van der Waals surface area contributed by atoms with Crippen LogP contribution in [0.2, 0.25) is 0 Å². The van der Waals surface area contributed by atoms with Gasteiger partial charge in [0.25, 0.3) is 11.8 Å². The lowest BCUT2D eigenvalue weighted by atomic mass is 9.97. The molecule has 0 aliphatic carbocycles. The van der Waals surface area contributed by atoms with E-state index in [1.807, 2.05) is 52.5 Å². The van der Waals surface area contributed by atoms with E-state index in [2.05, 4.69) is 15.5 Å². The summed E-state index contributed by atoms with van der Waals surface area (Å²) in [5, 5.41) is 9.10. The van der Waals surface area contributed by atoms with E-state index in [4.69, 9.17) is 4.74 Å². The molecule has 10 heteroatoms. The van der Waals surface area contributed by atoms with Crippen molar-refractivity contribution < 1.29 is 14.3 Å². The van der Waals surface area contributed by atoms with Gasteiger partial charge in [0.2, 0.25) is 0 Å². The van der Waals surface area contributed by atoms with Gasteiger partial charge in [0.1, 0.15) is 5.69 Å². The number of amides is 2. The van der Waals surface area contributed by atoms with Gasteiger partial charge in [0.15, 0.2) is 0 Å². The Kier molecular flexibility index (Phi) is 6.70. The first-order valence-corrected chi connectivity index (χ1v) is 12.5. The van der Waals surface area contributed by atoms with E-state index in [9.17, 15) is 9.59 Å². The highest BCUT2D eigenvalue weighted by molar-refractivity contribution is 7.09. The van der Waals surface area contributed by atoms with E-state index in [0.29, 0.717) is 50.7 Å². The SMILES string of the molecule is Cc1c(C(=O)N2CCC(c3nc(C(=O)NN4CCOCC4)cs3)CC2)cnn1-c1ccccc1. The molecule has 4 heterocycles. The van der Waals surface area contributed by atoms with Gasteiger partial charge in [-0.25, -0.2) is 14.7 Å². The molecule has 178 valence electrons. The summed E-state index contributed by atoms with van der Waals surface area (Å²) in [5.74, 6) is 0.0953. The molecule has 0 spiro atoms. The number of thiazole rings is 1. The van der Waals surface area contributed by atoms with Crippen molar-refractivity contribution in [3.05, 3.63) is 63.9 Å². The van der Waals surface area contributed by atoms with Crippen molar-refractivity contribution in [2.75, 3.05) is 39.4 Å². The number of hydrazine groups is 1. The number of para-hydroxylation sites is 1. The molecule has 5 rings (SSSR count). The first-order valence-electron chi connectivity index (χ1n) is 11.6. The Morgan fingerprint density at radius 3 is 2.56 bits per heavy atom. The maximum atomic E-state index is 13.2. The maximum Gasteiger partial charge on any atom is 0.285 e. The molecule has 2 fully saturated rings. The largest absolute Gasteiger partial charge is 0.379 e.